The highest BCUT2D eigenvalue weighted by atomic mass is 32.2. The Kier molecular flexibility index (Phi) is 5.41. The molecule has 25 heavy (non-hydrogen) atoms. The van der Waals surface area contributed by atoms with Crippen LogP contribution in [0.25, 0.3) is 0 Å². The van der Waals surface area contributed by atoms with Crippen LogP contribution in [0.4, 0.5) is 4.79 Å². The second kappa shape index (κ2) is 7.55. The number of sulfonamides is 1. The van der Waals surface area contributed by atoms with Crippen LogP contribution in [0, 0.1) is 0 Å². The average molecular weight is 380 g/mol. The number of nitrogens with one attached hydrogen (secondary N) is 2. The standard InChI is InChI=1S/C17H21N3O3S2/c1-18-25(22,23)12-15-5-3-2-4-13(15)10-19-17(21)20-8-6-16-14(11-20)7-9-24-16/h2-5,7,9,18H,6,8,10-12H2,1H3,(H,19,21). The lowest BCUT2D eigenvalue weighted by atomic mass is 10.1. The van der Waals surface area contributed by atoms with Gasteiger partial charge in [-0.2, -0.15) is 0 Å². The van der Waals surface area contributed by atoms with Crippen molar-refractivity contribution >= 4 is 27.4 Å². The van der Waals surface area contributed by atoms with E-state index in [1.54, 1.807) is 28.4 Å². The minimum Gasteiger partial charge on any atom is -0.334 e. The first-order chi connectivity index (χ1) is 12.0. The minimum absolute atomic E-state index is 0.0997. The van der Waals surface area contributed by atoms with Gasteiger partial charge in [0.15, 0.2) is 0 Å². The number of carbonyl (C=O) groups excluding carboxylic acids is 1. The lowest BCUT2D eigenvalue weighted by molar-refractivity contribution is 0.192. The van der Waals surface area contributed by atoms with Crippen molar-refractivity contribution in [3.8, 4) is 0 Å². The molecule has 0 saturated heterocycles. The first kappa shape index (κ1) is 17.9. The van der Waals surface area contributed by atoms with Crippen molar-refractivity contribution in [3.63, 3.8) is 0 Å². The zero-order chi connectivity index (χ0) is 17.9. The summed E-state index contributed by atoms with van der Waals surface area (Å²) in [6.45, 7) is 1.64. The molecule has 134 valence electrons. The minimum atomic E-state index is -3.35. The molecule has 2 aromatic rings. The number of carbonyl (C=O) groups is 1. The van der Waals surface area contributed by atoms with Gasteiger partial charge in [0.1, 0.15) is 0 Å². The largest absolute Gasteiger partial charge is 0.334 e. The highest BCUT2D eigenvalue weighted by Crippen LogP contribution is 2.24. The molecule has 0 spiro atoms. The average Bonchev–Trinajstić information content (AvgIpc) is 3.08. The smallest absolute Gasteiger partial charge is 0.317 e. The Bertz CT molecular complexity index is 862. The van der Waals surface area contributed by atoms with E-state index in [2.05, 4.69) is 21.5 Å². The summed E-state index contributed by atoms with van der Waals surface area (Å²) in [7, 11) is -1.96. The molecule has 0 atom stereocenters. The summed E-state index contributed by atoms with van der Waals surface area (Å²) in [5.41, 5.74) is 2.71. The van der Waals surface area contributed by atoms with E-state index in [0.717, 1.165) is 12.0 Å². The summed E-state index contributed by atoms with van der Waals surface area (Å²) >= 11 is 1.74. The number of amides is 2. The third kappa shape index (κ3) is 4.39. The summed E-state index contributed by atoms with van der Waals surface area (Å²) in [6, 6.07) is 9.20. The number of hydrogen-bond acceptors (Lipinski definition) is 4. The number of fused-ring (bicyclic) bond motifs is 1. The molecule has 0 bridgehead atoms. The second-order valence-electron chi connectivity index (χ2n) is 5.93. The van der Waals surface area contributed by atoms with Gasteiger partial charge in [-0.1, -0.05) is 24.3 Å². The third-order valence-corrected chi connectivity index (χ3v) is 6.64. The van der Waals surface area contributed by atoms with Crippen molar-refractivity contribution in [2.75, 3.05) is 13.6 Å². The second-order valence-corrected chi connectivity index (χ2v) is 8.86. The SMILES string of the molecule is CNS(=O)(=O)Cc1ccccc1CNC(=O)N1CCc2sccc2C1. The Morgan fingerprint density at radius 2 is 2.00 bits per heavy atom. The van der Waals surface area contributed by atoms with Crippen LogP contribution in [-0.4, -0.2) is 32.9 Å². The van der Waals surface area contributed by atoms with E-state index in [-0.39, 0.29) is 11.8 Å². The first-order valence-electron chi connectivity index (χ1n) is 8.04. The maximum Gasteiger partial charge on any atom is 0.317 e. The van der Waals surface area contributed by atoms with E-state index in [9.17, 15) is 13.2 Å². The maximum absolute atomic E-state index is 12.4. The Labute approximate surface area is 151 Å². The molecule has 2 amide bonds. The zero-order valence-corrected chi connectivity index (χ0v) is 15.6. The molecule has 1 aromatic heterocycles. The van der Waals surface area contributed by atoms with E-state index in [1.807, 2.05) is 12.1 Å². The Balaban J connectivity index is 1.63. The van der Waals surface area contributed by atoms with Gasteiger partial charge in [0, 0.05) is 24.5 Å². The predicted octanol–water partition coefficient (Wildman–Crippen LogP) is 2.07. The molecule has 0 unspecified atom stereocenters. The Morgan fingerprint density at radius 3 is 2.76 bits per heavy atom. The molecule has 0 radical (unpaired) electrons. The van der Waals surface area contributed by atoms with Crippen LogP contribution in [0.5, 0.6) is 0 Å². The molecule has 1 aromatic carbocycles. The van der Waals surface area contributed by atoms with E-state index in [0.29, 0.717) is 25.2 Å². The van der Waals surface area contributed by atoms with Crippen LogP contribution in [-0.2, 0) is 35.3 Å². The van der Waals surface area contributed by atoms with E-state index in [4.69, 9.17) is 0 Å². The van der Waals surface area contributed by atoms with Crippen LogP contribution in [0.2, 0.25) is 0 Å². The van der Waals surface area contributed by atoms with E-state index in [1.165, 1.54) is 17.5 Å². The summed E-state index contributed by atoms with van der Waals surface area (Å²) in [5, 5.41) is 4.97. The van der Waals surface area contributed by atoms with Crippen LogP contribution in [0.15, 0.2) is 35.7 Å². The normalized spacial score (nSPS) is 14.2. The quantitative estimate of drug-likeness (QED) is 0.835. The van der Waals surface area contributed by atoms with Crippen LogP contribution < -0.4 is 10.0 Å². The van der Waals surface area contributed by atoms with Gasteiger partial charge in [-0.15, -0.1) is 11.3 Å². The van der Waals surface area contributed by atoms with Crippen molar-refractivity contribution < 1.29 is 13.2 Å². The zero-order valence-electron chi connectivity index (χ0n) is 14.0. The van der Waals surface area contributed by atoms with Gasteiger partial charge >= 0.3 is 6.03 Å². The van der Waals surface area contributed by atoms with Crippen molar-refractivity contribution in [2.24, 2.45) is 0 Å². The molecule has 8 heteroatoms. The van der Waals surface area contributed by atoms with Crippen molar-refractivity contribution in [1.82, 2.24) is 14.9 Å². The van der Waals surface area contributed by atoms with Gasteiger partial charge in [-0.05, 0) is 41.6 Å². The fraction of sp³-hybridized carbons (Fsp3) is 0.353. The number of nitrogens with zero attached hydrogens (tertiary/aromatic N) is 1. The summed E-state index contributed by atoms with van der Waals surface area (Å²) < 4.78 is 25.9. The van der Waals surface area contributed by atoms with Gasteiger partial charge in [-0.3, -0.25) is 0 Å². The Hall–Kier alpha value is -1.90. The summed E-state index contributed by atoms with van der Waals surface area (Å²) in [4.78, 5) is 15.6. The highest BCUT2D eigenvalue weighted by Gasteiger charge is 2.21. The number of thiophene rings is 1. The maximum atomic E-state index is 12.4. The molecule has 2 N–H and O–H groups in total. The topological polar surface area (TPSA) is 78.5 Å². The van der Waals surface area contributed by atoms with E-state index >= 15 is 0 Å². The lowest BCUT2D eigenvalue weighted by Crippen LogP contribution is -2.42. The third-order valence-electron chi connectivity index (χ3n) is 4.30. The predicted molar refractivity (Wildman–Crippen MR) is 98.8 cm³/mol. The molecule has 0 aliphatic carbocycles. The summed E-state index contributed by atoms with van der Waals surface area (Å²) in [6.07, 6.45) is 0.886. The molecule has 1 aliphatic rings. The number of benzene rings is 1. The number of urea groups is 1. The van der Waals surface area contributed by atoms with Gasteiger partial charge in [0.05, 0.1) is 5.75 Å². The van der Waals surface area contributed by atoms with Crippen LogP contribution in [0.3, 0.4) is 0 Å². The van der Waals surface area contributed by atoms with Crippen molar-refractivity contribution in [2.45, 2.75) is 25.3 Å². The summed E-state index contributed by atoms with van der Waals surface area (Å²) in [5.74, 6) is -0.0997. The van der Waals surface area contributed by atoms with E-state index < -0.39 is 10.0 Å². The number of hydrogen-bond donors (Lipinski definition) is 2. The Morgan fingerprint density at radius 1 is 1.24 bits per heavy atom. The monoisotopic (exact) mass is 379 g/mol. The van der Waals surface area contributed by atoms with Gasteiger partial charge in [0.25, 0.3) is 0 Å². The van der Waals surface area contributed by atoms with Gasteiger partial charge in [0.2, 0.25) is 10.0 Å². The molecular weight excluding hydrogens is 358 g/mol. The van der Waals surface area contributed by atoms with Crippen LogP contribution >= 0.6 is 11.3 Å². The molecule has 0 fully saturated rings. The molecule has 2 heterocycles. The molecule has 0 saturated carbocycles. The fourth-order valence-corrected chi connectivity index (χ4v) is 4.58. The van der Waals surface area contributed by atoms with Gasteiger partial charge in [-0.25, -0.2) is 17.9 Å². The fourth-order valence-electron chi connectivity index (χ4n) is 2.85. The number of rotatable bonds is 5. The van der Waals surface area contributed by atoms with Crippen molar-refractivity contribution in [3.05, 3.63) is 57.3 Å². The lowest BCUT2D eigenvalue weighted by Gasteiger charge is -2.27. The molecular formula is C17H21N3O3S2. The van der Waals surface area contributed by atoms with Crippen molar-refractivity contribution in [1.29, 1.82) is 0 Å². The molecule has 6 nitrogen and oxygen atoms in total. The molecule has 1 aliphatic heterocycles. The molecule has 3 rings (SSSR count). The van der Waals surface area contributed by atoms with Gasteiger partial charge < -0.3 is 10.2 Å². The first-order valence-corrected chi connectivity index (χ1v) is 10.6. The van der Waals surface area contributed by atoms with Crippen LogP contribution in [0.1, 0.15) is 21.6 Å². The highest BCUT2D eigenvalue weighted by molar-refractivity contribution is 7.88.